The van der Waals surface area contributed by atoms with Crippen LogP contribution in [0.4, 0.5) is 4.39 Å². The van der Waals surface area contributed by atoms with Crippen LogP contribution < -0.4 is 5.73 Å². The van der Waals surface area contributed by atoms with Crippen molar-refractivity contribution < 1.29 is 9.18 Å². The van der Waals surface area contributed by atoms with E-state index in [9.17, 15) is 9.18 Å². The fourth-order valence-corrected chi connectivity index (χ4v) is 2.54. The van der Waals surface area contributed by atoms with Crippen molar-refractivity contribution in [3.63, 3.8) is 0 Å². The molecule has 0 aliphatic carbocycles. The van der Waals surface area contributed by atoms with E-state index in [1.54, 1.807) is 19.1 Å². The summed E-state index contributed by atoms with van der Waals surface area (Å²) in [4.78, 5) is 14.2. The molecule has 1 heterocycles. The maximum atomic E-state index is 13.2. The van der Waals surface area contributed by atoms with Gasteiger partial charge in [-0.05, 0) is 56.5 Å². The molecule has 0 spiro atoms. The zero-order valence-electron chi connectivity index (χ0n) is 10.8. The first kappa shape index (κ1) is 13.0. The first-order valence-corrected chi connectivity index (χ1v) is 6.30. The summed E-state index contributed by atoms with van der Waals surface area (Å²) in [6, 6.07) is 4.72. The molecule has 2 N–H and O–H groups in total. The molecule has 1 aromatic carbocycles. The summed E-state index contributed by atoms with van der Waals surface area (Å²) >= 11 is 0. The Morgan fingerprint density at radius 3 is 2.83 bits per heavy atom. The van der Waals surface area contributed by atoms with Gasteiger partial charge in [-0.25, -0.2) is 4.39 Å². The number of nitrogens with two attached hydrogens (primary N) is 1. The number of halogens is 1. The highest BCUT2D eigenvalue weighted by Crippen LogP contribution is 2.24. The number of carbonyl (C=O) groups excluding carboxylic acids is 1. The monoisotopic (exact) mass is 250 g/mol. The largest absolute Gasteiger partial charge is 0.336 e. The fourth-order valence-electron chi connectivity index (χ4n) is 2.54. The Kier molecular flexibility index (Phi) is 3.66. The lowest BCUT2D eigenvalue weighted by Crippen LogP contribution is -2.34. The maximum absolute atomic E-state index is 13.2. The Hall–Kier alpha value is -1.42. The van der Waals surface area contributed by atoms with Crippen LogP contribution in [-0.4, -0.2) is 29.9 Å². The Morgan fingerprint density at radius 1 is 1.56 bits per heavy atom. The first-order valence-electron chi connectivity index (χ1n) is 6.30. The van der Waals surface area contributed by atoms with E-state index in [1.807, 2.05) is 11.8 Å². The van der Waals surface area contributed by atoms with Crippen molar-refractivity contribution in [1.29, 1.82) is 0 Å². The molecule has 1 fully saturated rings. The number of likely N-dealkylation sites (tertiary alicyclic amines) is 1. The van der Waals surface area contributed by atoms with Gasteiger partial charge < -0.3 is 10.6 Å². The molecule has 0 bridgehead atoms. The van der Waals surface area contributed by atoms with Crippen molar-refractivity contribution in [1.82, 2.24) is 4.90 Å². The molecule has 0 radical (unpaired) electrons. The van der Waals surface area contributed by atoms with Gasteiger partial charge in [0.2, 0.25) is 0 Å². The summed E-state index contributed by atoms with van der Waals surface area (Å²) in [6.07, 6.45) is 0.947. The molecule has 0 saturated carbocycles. The fraction of sp³-hybridized carbons (Fsp3) is 0.500. The zero-order valence-corrected chi connectivity index (χ0v) is 10.8. The van der Waals surface area contributed by atoms with Gasteiger partial charge >= 0.3 is 0 Å². The quantitative estimate of drug-likeness (QED) is 0.872. The molecule has 1 aromatic rings. The summed E-state index contributed by atoms with van der Waals surface area (Å²) < 4.78 is 13.2. The van der Waals surface area contributed by atoms with Crippen molar-refractivity contribution in [3.05, 3.63) is 35.1 Å². The number of hydrogen-bond acceptors (Lipinski definition) is 2. The van der Waals surface area contributed by atoms with Gasteiger partial charge in [0.05, 0.1) is 0 Å². The van der Waals surface area contributed by atoms with Crippen LogP contribution in [0.2, 0.25) is 0 Å². The van der Waals surface area contributed by atoms with Gasteiger partial charge in [-0.2, -0.15) is 0 Å². The molecule has 3 nitrogen and oxygen atoms in total. The Labute approximate surface area is 107 Å². The maximum Gasteiger partial charge on any atom is 0.254 e. The van der Waals surface area contributed by atoms with Crippen LogP contribution in [-0.2, 0) is 0 Å². The summed E-state index contributed by atoms with van der Waals surface area (Å²) in [7, 11) is 0. The molecule has 1 aliphatic heterocycles. The van der Waals surface area contributed by atoms with Crippen LogP contribution in [0, 0.1) is 18.7 Å². The van der Waals surface area contributed by atoms with Crippen LogP contribution in [0.25, 0.3) is 0 Å². The van der Waals surface area contributed by atoms with Gasteiger partial charge in [0.25, 0.3) is 5.91 Å². The molecule has 1 amide bonds. The molecular formula is C14H19FN2O. The molecular weight excluding hydrogens is 231 g/mol. The minimum Gasteiger partial charge on any atom is -0.336 e. The van der Waals surface area contributed by atoms with Crippen LogP contribution in [0.15, 0.2) is 18.2 Å². The van der Waals surface area contributed by atoms with E-state index in [0.717, 1.165) is 6.42 Å². The topological polar surface area (TPSA) is 46.3 Å². The van der Waals surface area contributed by atoms with Crippen LogP contribution in [0.3, 0.4) is 0 Å². The highest BCUT2D eigenvalue weighted by atomic mass is 19.1. The van der Waals surface area contributed by atoms with E-state index in [0.29, 0.717) is 30.1 Å². The molecule has 98 valence electrons. The number of nitrogens with zero attached hydrogens (tertiary/aromatic N) is 1. The van der Waals surface area contributed by atoms with E-state index in [4.69, 9.17) is 5.73 Å². The molecule has 2 atom stereocenters. The lowest BCUT2D eigenvalue weighted by molar-refractivity contribution is 0.0743. The van der Waals surface area contributed by atoms with E-state index < -0.39 is 0 Å². The molecule has 2 rings (SSSR count). The zero-order chi connectivity index (χ0) is 13.3. The molecule has 1 aliphatic rings. The van der Waals surface area contributed by atoms with E-state index >= 15 is 0 Å². The normalized spacial score (nSPS) is 23.4. The van der Waals surface area contributed by atoms with Crippen LogP contribution in [0.1, 0.15) is 29.3 Å². The highest BCUT2D eigenvalue weighted by molar-refractivity contribution is 5.94. The number of amides is 1. The number of aryl methyl sites for hydroxylation is 1. The third-order valence-electron chi connectivity index (χ3n) is 3.66. The second-order valence-corrected chi connectivity index (χ2v) is 5.11. The molecule has 2 unspecified atom stereocenters. The SMILES string of the molecule is Cc1cc(C(=O)N2CC(CN)CC2C)ccc1F. The average molecular weight is 250 g/mol. The Morgan fingerprint density at radius 2 is 2.28 bits per heavy atom. The average Bonchev–Trinajstić information content (AvgIpc) is 2.73. The van der Waals surface area contributed by atoms with Crippen molar-refractivity contribution in [2.75, 3.05) is 13.1 Å². The Balaban J connectivity index is 2.18. The third kappa shape index (κ3) is 2.38. The van der Waals surface area contributed by atoms with E-state index in [-0.39, 0.29) is 17.8 Å². The minimum atomic E-state index is -0.277. The van der Waals surface area contributed by atoms with Gasteiger partial charge in [-0.3, -0.25) is 4.79 Å². The minimum absolute atomic E-state index is 0.0263. The van der Waals surface area contributed by atoms with Crippen molar-refractivity contribution >= 4 is 5.91 Å². The van der Waals surface area contributed by atoms with Crippen molar-refractivity contribution in [2.45, 2.75) is 26.3 Å². The van der Waals surface area contributed by atoms with Gasteiger partial charge in [0.1, 0.15) is 5.82 Å². The molecule has 0 aromatic heterocycles. The predicted octanol–water partition coefficient (Wildman–Crippen LogP) is 1.94. The van der Waals surface area contributed by atoms with Gasteiger partial charge in [0.15, 0.2) is 0 Å². The van der Waals surface area contributed by atoms with Crippen molar-refractivity contribution in [3.8, 4) is 0 Å². The highest BCUT2D eigenvalue weighted by Gasteiger charge is 2.32. The van der Waals surface area contributed by atoms with E-state index in [2.05, 4.69) is 0 Å². The standard InChI is InChI=1S/C14H19FN2O/c1-9-5-12(3-4-13(9)15)14(18)17-8-11(7-16)6-10(17)2/h3-5,10-11H,6-8,16H2,1-2H3. The lowest BCUT2D eigenvalue weighted by atomic mass is 10.1. The van der Waals surface area contributed by atoms with Crippen molar-refractivity contribution in [2.24, 2.45) is 11.7 Å². The van der Waals surface area contributed by atoms with Gasteiger partial charge in [-0.1, -0.05) is 0 Å². The lowest BCUT2D eigenvalue weighted by Gasteiger charge is -2.21. The third-order valence-corrected chi connectivity index (χ3v) is 3.66. The summed E-state index contributed by atoms with van der Waals surface area (Å²) in [5.74, 6) is 0.0768. The number of rotatable bonds is 2. The molecule has 1 saturated heterocycles. The summed E-state index contributed by atoms with van der Waals surface area (Å²) in [6.45, 7) is 5.01. The number of benzene rings is 1. The number of hydrogen-bond donors (Lipinski definition) is 1. The van der Waals surface area contributed by atoms with Gasteiger partial charge in [0, 0.05) is 18.2 Å². The molecule has 4 heteroatoms. The Bertz CT molecular complexity index is 461. The van der Waals surface area contributed by atoms with Gasteiger partial charge in [-0.15, -0.1) is 0 Å². The smallest absolute Gasteiger partial charge is 0.254 e. The van der Waals surface area contributed by atoms with Crippen LogP contribution in [0.5, 0.6) is 0 Å². The second-order valence-electron chi connectivity index (χ2n) is 5.11. The molecule has 18 heavy (non-hydrogen) atoms. The van der Waals surface area contributed by atoms with E-state index in [1.165, 1.54) is 6.07 Å². The number of carbonyl (C=O) groups is 1. The first-order chi connectivity index (χ1) is 8.52. The second kappa shape index (κ2) is 5.06. The summed E-state index contributed by atoms with van der Waals surface area (Å²) in [5, 5.41) is 0. The van der Waals surface area contributed by atoms with Crippen LogP contribution >= 0.6 is 0 Å². The summed E-state index contributed by atoms with van der Waals surface area (Å²) in [5.41, 5.74) is 6.71. The predicted molar refractivity (Wildman–Crippen MR) is 68.8 cm³/mol.